The Hall–Kier alpha value is -2.40. The van der Waals surface area contributed by atoms with E-state index in [1.54, 1.807) is 0 Å². The lowest BCUT2D eigenvalue weighted by Crippen LogP contribution is -2.14. The lowest BCUT2D eigenvalue weighted by molar-refractivity contribution is 0.341. The molecule has 0 radical (unpaired) electrons. The minimum Gasteiger partial charge on any atom is -0.493 e. The first-order valence-electron chi connectivity index (χ1n) is 7.59. The first-order valence-corrected chi connectivity index (χ1v) is 8.00. The highest BCUT2D eigenvalue weighted by Crippen LogP contribution is 2.33. The molecule has 0 fully saturated rings. The van der Waals surface area contributed by atoms with Crippen LogP contribution in [0.3, 0.4) is 0 Å². The topological polar surface area (TPSA) is 52.5 Å². The predicted octanol–water partition coefficient (Wildman–Crippen LogP) is 3.54. The lowest BCUT2D eigenvalue weighted by atomic mass is 10.1. The normalized spacial score (nSPS) is 10.9. The summed E-state index contributed by atoms with van der Waals surface area (Å²) < 4.78 is 7.87. The molecular formula is C18H19N3OS. The molecule has 4 nitrogen and oxygen atoms in total. The number of hydrogen-bond acceptors (Lipinski definition) is 3. The number of pyridine rings is 1. The lowest BCUT2D eigenvalue weighted by Gasteiger charge is -2.10. The molecule has 0 atom stereocenters. The molecular weight excluding hydrogens is 306 g/mol. The number of fused-ring (bicyclic) bond motifs is 1. The molecule has 0 bridgehead atoms. The summed E-state index contributed by atoms with van der Waals surface area (Å²) in [6.45, 7) is 4.63. The highest BCUT2D eigenvalue weighted by atomic mass is 32.1. The number of hydrogen-bond donors (Lipinski definition) is 1. The van der Waals surface area contributed by atoms with E-state index in [0.29, 0.717) is 18.0 Å². The van der Waals surface area contributed by atoms with Crippen molar-refractivity contribution < 1.29 is 4.74 Å². The Morgan fingerprint density at radius 3 is 2.74 bits per heavy atom. The number of ether oxygens (including phenoxy) is 1. The summed E-state index contributed by atoms with van der Waals surface area (Å²) in [6, 6.07) is 14.0. The van der Waals surface area contributed by atoms with Crippen LogP contribution in [-0.4, -0.2) is 21.0 Å². The molecule has 0 aliphatic rings. The smallest absolute Gasteiger partial charge is 0.137 e. The first-order chi connectivity index (χ1) is 11.1. The molecule has 1 aromatic carbocycles. The molecule has 0 spiro atoms. The van der Waals surface area contributed by atoms with Gasteiger partial charge < -0.3 is 14.9 Å². The Morgan fingerprint density at radius 2 is 2.00 bits per heavy atom. The Bertz CT molecular complexity index is 870. The van der Waals surface area contributed by atoms with E-state index in [2.05, 4.69) is 17.4 Å². The van der Waals surface area contributed by atoms with Crippen LogP contribution in [0.4, 0.5) is 0 Å². The van der Waals surface area contributed by atoms with E-state index < -0.39 is 0 Å². The van der Waals surface area contributed by atoms with E-state index >= 15 is 0 Å². The average molecular weight is 325 g/mol. The van der Waals surface area contributed by atoms with Gasteiger partial charge in [0.15, 0.2) is 0 Å². The Balaban J connectivity index is 2.29. The molecule has 0 amide bonds. The van der Waals surface area contributed by atoms with Crippen LogP contribution < -0.4 is 10.5 Å². The minimum atomic E-state index is 0.449. The van der Waals surface area contributed by atoms with Gasteiger partial charge in [0.05, 0.1) is 23.0 Å². The number of rotatable bonds is 5. The summed E-state index contributed by atoms with van der Waals surface area (Å²) in [5, 5.41) is 0. The fourth-order valence-corrected chi connectivity index (χ4v) is 2.95. The van der Waals surface area contributed by atoms with E-state index in [9.17, 15) is 0 Å². The number of nitrogens with two attached hydrogens (primary N) is 1. The van der Waals surface area contributed by atoms with Gasteiger partial charge in [-0.05, 0) is 38.1 Å². The standard InChI is InChI=1S/C18H19N3OS/c1-3-22-15-9-5-4-8-13(15)18-14(11-16(19)23)21-12(2)7-6-10-17(21)20-18/h4-10H,3,11H2,1-2H3,(H2,19,23). The van der Waals surface area contributed by atoms with Crippen LogP contribution in [0.1, 0.15) is 18.3 Å². The molecule has 3 rings (SSSR count). The van der Waals surface area contributed by atoms with E-state index in [1.807, 2.05) is 43.3 Å². The second-order valence-corrected chi connectivity index (χ2v) is 5.86. The predicted molar refractivity (Wildman–Crippen MR) is 97.0 cm³/mol. The molecule has 118 valence electrons. The van der Waals surface area contributed by atoms with Gasteiger partial charge in [-0.25, -0.2) is 4.98 Å². The zero-order valence-corrected chi connectivity index (χ0v) is 14.1. The van der Waals surface area contributed by atoms with Crippen molar-refractivity contribution in [3.63, 3.8) is 0 Å². The number of para-hydroxylation sites is 1. The molecule has 0 saturated carbocycles. The largest absolute Gasteiger partial charge is 0.493 e. The Kier molecular flexibility index (Phi) is 4.30. The summed E-state index contributed by atoms with van der Waals surface area (Å²) in [4.78, 5) is 5.26. The van der Waals surface area contributed by atoms with Crippen molar-refractivity contribution in [1.29, 1.82) is 0 Å². The van der Waals surface area contributed by atoms with Gasteiger partial charge in [-0.3, -0.25) is 0 Å². The monoisotopic (exact) mass is 325 g/mol. The van der Waals surface area contributed by atoms with Crippen molar-refractivity contribution in [2.75, 3.05) is 6.61 Å². The highest BCUT2D eigenvalue weighted by Gasteiger charge is 2.18. The maximum atomic E-state index is 5.83. The van der Waals surface area contributed by atoms with Crippen molar-refractivity contribution in [3.8, 4) is 17.0 Å². The molecule has 0 unspecified atom stereocenters. The summed E-state index contributed by atoms with van der Waals surface area (Å²) in [5.41, 5.74) is 10.6. The summed E-state index contributed by atoms with van der Waals surface area (Å²) >= 11 is 5.15. The molecule has 0 aliphatic carbocycles. The molecule has 3 aromatic rings. The van der Waals surface area contributed by atoms with Crippen LogP contribution in [0.2, 0.25) is 0 Å². The molecule has 0 saturated heterocycles. The number of nitrogens with zero attached hydrogens (tertiary/aromatic N) is 2. The van der Waals surface area contributed by atoms with Crippen molar-refractivity contribution in [1.82, 2.24) is 9.38 Å². The SMILES string of the molecule is CCOc1ccccc1-c1nc2cccc(C)n2c1CC(N)=S. The highest BCUT2D eigenvalue weighted by molar-refractivity contribution is 7.80. The van der Waals surface area contributed by atoms with Gasteiger partial charge in [-0.1, -0.05) is 30.4 Å². The number of aromatic nitrogens is 2. The third-order valence-corrected chi connectivity index (χ3v) is 3.86. The summed E-state index contributed by atoms with van der Waals surface area (Å²) in [5.74, 6) is 0.820. The molecule has 5 heteroatoms. The fourth-order valence-electron chi connectivity index (χ4n) is 2.81. The van der Waals surface area contributed by atoms with E-state index in [1.165, 1.54) is 0 Å². The van der Waals surface area contributed by atoms with E-state index in [-0.39, 0.29) is 0 Å². The first kappa shape index (κ1) is 15.5. The zero-order valence-electron chi connectivity index (χ0n) is 13.2. The number of benzene rings is 1. The number of aryl methyl sites for hydroxylation is 1. The summed E-state index contributed by atoms with van der Waals surface area (Å²) in [7, 11) is 0. The van der Waals surface area contributed by atoms with Gasteiger partial charge in [0.1, 0.15) is 11.4 Å². The van der Waals surface area contributed by atoms with Gasteiger partial charge in [-0.15, -0.1) is 0 Å². The fraction of sp³-hybridized carbons (Fsp3) is 0.222. The second kappa shape index (κ2) is 6.38. The van der Waals surface area contributed by atoms with Crippen molar-refractivity contribution in [2.45, 2.75) is 20.3 Å². The number of imidazole rings is 1. The van der Waals surface area contributed by atoms with Gasteiger partial charge >= 0.3 is 0 Å². The van der Waals surface area contributed by atoms with Crippen LogP contribution in [0.15, 0.2) is 42.5 Å². The molecule has 0 aliphatic heterocycles. The quantitative estimate of drug-likeness (QED) is 0.729. The van der Waals surface area contributed by atoms with Gasteiger partial charge in [0, 0.05) is 17.7 Å². The van der Waals surface area contributed by atoms with Gasteiger partial charge in [-0.2, -0.15) is 0 Å². The van der Waals surface area contributed by atoms with Crippen LogP contribution in [0.25, 0.3) is 16.9 Å². The molecule has 2 N–H and O–H groups in total. The van der Waals surface area contributed by atoms with Crippen LogP contribution in [0, 0.1) is 6.92 Å². The summed E-state index contributed by atoms with van der Waals surface area (Å²) in [6.07, 6.45) is 0.497. The van der Waals surface area contributed by atoms with Crippen LogP contribution in [0.5, 0.6) is 5.75 Å². The molecule has 2 aromatic heterocycles. The molecule has 2 heterocycles. The van der Waals surface area contributed by atoms with Crippen molar-refractivity contribution in [2.24, 2.45) is 5.73 Å². The third kappa shape index (κ3) is 2.92. The van der Waals surface area contributed by atoms with E-state index in [4.69, 9.17) is 27.7 Å². The Labute approximate surface area is 140 Å². The van der Waals surface area contributed by atoms with Crippen molar-refractivity contribution >= 4 is 22.9 Å². The van der Waals surface area contributed by atoms with Crippen LogP contribution in [-0.2, 0) is 6.42 Å². The maximum Gasteiger partial charge on any atom is 0.137 e. The Morgan fingerprint density at radius 1 is 1.22 bits per heavy atom. The molecule has 23 heavy (non-hydrogen) atoms. The van der Waals surface area contributed by atoms with Gasteiger partial charge in [0.2, 0.25) is 0 Å². The minimum absolute atomic E-state index is 0.449. The van der Waals surface area contributed by atoms with E-state index in [0.717, 1.165) is 34.0 Å². The average Bonchev–Trinajstić information content (AvgIpc) is 2.87. The van der Waals surface area contributed by atoms with Gasteiger partial charge in [0.25, 0.3) is 0 Å². The van der Waals surface area contributed by atoms with Crippen LogP contribution >= 0.6 is 12.2 Å². The maximum absolute atomic E-state index is 5.83. The number of thiocarbonyl (C=S) groups is 1. The third-order valence-electron chi connectivity index (χ3n) is 3.72. The van der Waals surface area contributed by atoms with Crippen molar-refractivity contribution in [3.05, 3.63) is 53.9 Å². The second-order valence-electron chi connectivity index (χ2n) is 5.34. The zero-order chi connectivity index (χ0) is 16.4.